The number of hydrogen-bond acceptors (Lipinski definition) is 1. The molecule has 0 amide bonds. The molecule has 1 atom stereocenters. The number of benzene rings is 7. The van der Waals surface area contributed by atoms with E-state index < -0.39 is 0 Å². The van der Waals surface area contributed by atoms with Gasteiger partial charge in [0.25, 0.3) is 0 Å². The summed E-state index contributed by atoms with van der Waals surface area (Å²) in [6, 6.07) is 60.5. The van der Waals surface area contributed by atoms with Crippen LogP contribution in [0.1, 0.15) is 69.7 Å². The van der Waals surface area contributed by atoms with Gasteiger partial charge in [-0.3, -0.25) is 4.99 Å². The summed E-state index contributed by atoms with van der Waals surface area (Å²) >= 11 is 0. The highest BCUT2D eigenvalue weighted by Crippen LogP contribution is 2.51. The van der Waals surface area contributed by atoms with Gasteiger partial charge in [-0.15, -0.1) is 0 Å². The third-order valence-electron chi connectivity index (χ3n) is 13.6. The van der Waals surface area contributed by atoms with Gasteiger partial charge in [0, 0.05) is 56.2 Å². The molecule has 0 saturated heterocycles. The molecule has 3 heterocycles. The summed E-state index contributed by atoms with van der Waals surface area (Å²) in [4.78, 5) is 5.78. The Kier molecular flexibility index (Phi) is 8.07. The highest BCUT2D eigenvalue weighted by molar-refractivity contribution is 6.13. The van der Waals surface area contributed by atoms with Crippen molar-refractivity contribution in [1.82, 2.24) is 9.13 Å². The molecule has 0 bridgehead atoms. The number of hydrogen-bond donors (Lipinski definition) is 0. The molecule has 1 unspecified atom stereocenters. The third-order valence-corrected chi connectivity index (χ3v) is 13.6. The van der Waals surface area contributed by atoms with Crippen molar-refractivity contribution in [2.75, 3.05) is 0 Å². The summed E-state index contributed by atoms with van der Waals surface area (Å²) < 4.78 is 5.03. The molecule has 11 rings (SSSR count). The minimum Gasteiger partial charge on any atom is -0.313 e. The second kappa shape index (κ2) is 13.4. The van der Waals surface area contributed by atoms with Crippen LogP contribution < -0.4 is 0 Å². The number of aromatic nitrogens is 2. The van der Waals surface area contributed by atoms with Gasteiger partial charge < -0.3 is 9.13 Å². The first kappa shape index (κ1) is 35.5. The Bertz CT molecular complexity index is 3220. The van der Waals surface area contributed by atoms with Crippen LogP contribution >= 0.6 is 0 Å². The van der Waals surface area contributed by atoms with Crippen LogP contribution in [0.15, 0.2) is 180 Å². The molecule has 0 saturated carbocycles. The third kappa shape index (κ3) is 5.30. The fraction of sp³-hybridized carbons (Fsp3) is 0.161. The lowest BCUT2D eigenvalue weighted by Crippen LogP contribution is -2.19. The molecule has 3 heteroatoms. The lowest BCUT2D eigenvalue weighted by atomic mass is 9.82. The Morgan fingerprint density at radius 2 is 1.15 bits per heavy atom. The van der Waals surface area contributed by atoms with Crippen molar-refractivity contribution in [2.24, 2.45) is 10.9 Å². The van der Waals surface area contributed by atoms with Crippen molar-refractivity contribution in [1.29, 1.82) is 0 Å². The van der Waals surface area contributed by atoms with E-state index >= 15 is 0 Å². The highest BCUT2D eigenvalue weighted by atomic mass is 15.0. The zero-order valence-corrected chi connectivity index (χ0v) is 34.4. The standard InChI is InChI=1S/C56H47N3/c1-6-37-32-52(59-50-29-16-11-24-42(50)43-25-12-17-30-51(43)59)35(2)36(3)54(57-55(37)38-19-8-7-9-20-38)39-21-18-22-40(31-39)58-49-28-15-13-26-44(49)46-33-45-41-23-10-14-27-47(41)56(4,5)48(45)34-53(46)58/h7-31,33-34,36H,6,32H2,1-5H3/b52-35-,55-37-,57-54+. The van der Waals surface area contributed by atoms with Gasteiger partial charge in [-0.1, -0.05) is 149 Å². The minimum atomic E-state index is -0.0959. The van der Waals surface area contributed by atoms with Gasteiger partial charge in [-0.2, -0.15) is 0 Å². The Morgan fingerprint density at radius 1 is 0.559 bits per heavy atom. The van der Waals surface area contributed by atoms with Crippen molar-refractivity contribution in [3.8, 4) is 16.8 Å². The molecule has 59 heavy (non-hydrogen) atoms. The van der Waals surface area contributed by atoms with Crippen molar-refractivity contribution in [3.05, 3.63) is 197 Å². The predicted molar refractivity (Wildman–Crippen MR) is 251 cm³/mol. The van der Waals surface area contributed by atoms with Gasteiger partial charge in [0.05, 0.1) is 33.5 Å². The quantitative estimate of drug-likeness (QED) is 0.167. The summed E-state index contributed by atoms with van der Waals surface area (Å²) in [6.07, 6.45) is 1.72. The molecule has 2 aromatic heterocycles. The van der Waals surface area contributed by atoms with Crippen LogP contribution in [0.4, 0.5) is 0 Å². The number of fused-ring (bicyclic) bond motifs is 9. The van der Waals surface area contributed by atoms with Crippen molar-refractivity contribution >= 4 is 60.7 Å². The number of allylic oxidation sites excluding steroid dienone is 3. The van der Waals surface area contributed by atoms with Gasteiger partial charge in [-0.25, -0.2) is 0 Å². The summed E-state index contributed by atoms with van der Waals surface area (Å²) in [5, 5.41) is 5.12. The topological polar surface area (TPSA) is 22.2 Å². The molecule has 0 N–H and O–H groups in total. The molecule has 1 aliphatic heterocycles. The number of para-hydroxylation sites is 3. The molecular weight excluding hydrogens is 715 g/mol. The Labute approximate surface area is 346 Å². The van der Waals surface area contributed by atoms with E-state index in [4.69, 9.17) is 4.99 Å². The van der Waals surface area contributed by atoms with Gasteiger partial charge in [0.2, 0.25) is 0 Å². The maximum atomic E-state index is 5.78. The smallest absolute Gasteiger partial charge is 0.0701 e. The van der Waals surface area contributed by atoms with Crippen LogP contribution in [0.25, 0.3) is 71.8 Å². The monoisotopic (exact) mass is 761 g/mol. The van der Waals surface area contributed by atoms with E-state index in [9.17, 15) is 0 Å². The van der Waals surface area contributed by atoms with Gasteiger partial charge in [0.15, 0.2) is 0 Å². The normalized spacial score (nSPS) is 19.8. The molecule has 9 aromatic rings. The fourth-order valence-electron chi connectivity index (χ4n) is 10.4. The summed E-state index contributed by atoms with van der Waals surface area (Å²) in [5.41, 5.74) is 20.0. The summed E-state index contributed by atoms with van der Waals surface area (Å²) in [7, 11) is 0. The number of rotatable bonds is 5. The average molecular weight is 762 g/mol. The fourth-order valence-corrected chi connectivity index (χ4v) is 10.4. The van der Waals surface area contributed by atoms with E-state index in [0.29, 0.717) is 0 Å². The second-order valence-electron chi connectivity index (χ2n) is 17.1. The predicted octanol–water partition coefficient (Wildman–Crippen LogP) is 14.8. The lowest BCUT2D eigenvalue weighted by molar-refractivity contribution is 0.661. The zero-order chi connectivity index (χ0) is 40.0. The first-order valence-electron chi connectivity index (χ1n) is 21.2. The second-order valence-corrected chi connectivity index (χ2v) is 17.1. The van der Waals surface area contributed by atoms with E-state index in [0.717, 1.165) is 41.1 Å². The minimum absolute atomic E-state index is 0.0398. The molecule has 1 aliphatic carbocycles. The summed E-state index contributed by atoms with van der Waals surface area (Å²) in [5.74, 6) is 0.0398. The van der Waals surface area contributed by atoms with Gasteiger partial charge >= 0.3 is 0 Å². The van der Waals surface area contributed by atoms with E-state index in [1.807, 2.05) is 0 Å². The number of aliphatic imine (C=N–C) groups is 1. The molecule has 7 aromatic carbocycles. The number of nitrogens with zero attached hydrogens (tertiary/aromatic N) is 3. The van der Waals surface area contributed by atoms with Gasteiger partial charge in [0.1, 0.15) is 0 Å². The van der Waals surface area contributed by atoms with E-state index in [1.54, 1.807) is 0 Å². The van der Waals surface area contributed by atoms with Crippen molar-refractivity contribution in [2.45, 2.75) is 52.9 Å². The van der Waals surface area contributed by atoms with Crippen LogP contribution in [-0.4, -0.2) is 14.8 Å². The van der Waals surface area contributed by atoms with Crippen LogP contribution in [-0.2, 0) is 5.41 Å². The Balaban J connectivity index is 1.15. The molecule has 0 radical (unpaired) electrons. The largest absolute Gasteiger partial charge is 0.313 e. The SMILES string of the molecule is CC/C1=C(c2ccccc2)/N=C(/c2cccc(-n3c4ccccc4c4cc5c(cc43)C(C)(C)c3ccccc3-5)c2)C(C)/C(C)=C(\n2c3ccccc3c3ccccc32)C1. The maximum absolute atomic E-state index is 5.78. The van der Waals surface area contributed by atoms with Crippen molar-refractivity contribution in [3.63, 3.8) is 0 Å². The molecule has 286 valence electrons. The summed E-state index contributed by atoms with van der Waals surface area (Å²) in [6.45, 7) is 11.7. The molecule has 2 aliphatic rings. The van der Waals surface area contributed by atoms with Gasteiger partial charge in [-0.05, 0) is 94.8 Å². The molecule has 0 spiro atoms. The molecular formula is C56H47N3. The van der Waals surface area contributed by atoms with Crippen LogP contribution in [0.5, 0.6) is 0 Å². The van der Waals surface area contributed by atoms with E-state index in [-0.39, 0.29) is 11.3 Å². The van der Waals surface area contributed by atoms with Crippen molar-refractivity contribution < 1.29 is 0 Å². The van der Waals surface area contributed by atoms with Crippen LogP contribution in [0.2, 0.25) is 0 Å². The average Bonchev–Trinajstić information content (AvgIpc) is 3.86. The Hall–Kier alpha value is -6.71. The first-order chi connectivity index (χ1) is 28.8. The van der Waals surface area contributed by atoms with Crippen LogP contribution in [0, 0.1) is 5.92 Å². The highest BCUT2D eigenvalue weighted by Gasteiger charge is 2.36. The zero-order valence-electron chi connectivity index (χ0n) is 34.4. The van der Waals surface area contributed by atoms with E-state index in [2.05, 4.69) is 208 Å². The first-order valence-corrected chi connectivity index (χ1v) is 21.2. The van der Waals surface area contributed by atoms with E-state index in [1.165, 1.54) is 82.7 Å². The maximum Gasteiger partial charge on any atom is 0.0701 e. The lowest BCUT2D eigenvalue weighted by Gasteiger charge is -2.27. The molecule has 0 fully saturated rings. The molecule has 3 nitrogen and oxygen atoms in total. The Morgan fingerprint density at radius 3 is 1.85 bits per heavy atom. The van der Waals surface area contributed by atoms with Crippen LogP contribution in [0.3, 0.4) is 0 Å².